The number of aliphatic carboxylic acids is 1. The molecule has 5 heteroatoms. The SMILES string of the molecule is C[C@@H](C(O)C(=O)O)N(C)N. The lowest BCUT2D eigenvalue weighted by atomic mass is 10.2. The van der Waals surface area contributed by atoms with Gasteiger partial charge in [-0.25, -0.2) is 9.80 Å². The molecule has 0 aromatic heterocycles. The summed E-state index contributed by atoms with van der Waals surface area (Å²) < 4.78 is 0. The van der Waals surface area contributed by atoms with Crippen molar-refractivity contribution in [3.63, 3.8) is 0 Å². The Morgan fingerprint density at radius 2 is 2.10 bits per heavy atom. The highest BCUT2D eigenvalue weighted by molar-refractivity contribution is 5.72. The van der Waals surface area contributed by atoms with Crippen LogP contribution in [0.5, 0.6) is 0 Å². The Morgan fingerprint density at radius 3 is 2.20 bits per heavy atom. The van der Waals surface area contributed by atoms with Gasteiger partial charge in [0.1, 0.15) is 0 Å². The summed E-state index contributed by atoms with van der Waals surface area (Å²) in [5, 5.41) is 18.3. The minimum Gasteiger partial charge on any atom is -0.479 e. The van der Waals surface area contributed by atoms with E-state index in [0.717, 1.165) is 5.01 Å². The highest BCUT2D eigenvalue weighted by Gasteiger charge is 2.23. The minimum absolute atomic E-state index is 0.572. The molecule has 0 fully saturated rings. The van der Waals surface area contributed by atoms with Crippen molar-refractivity contribution in [2.45, 2.75) is 19.1 Å². The van der Waals surface area contributed by atoms with Crippen LogP contribution in [-0.4, -0.2) is 40.4 Å². The number of hydrogen-bond donors (Lipinski definition) is 3. The normalized spacial score (nSPS) is 16.9. The number of hydrogen-bond acceptors (Lipinski definition) is 4. The van der Waals surface area contributed by atoms with Crippen molar-refractivity contribution in [3.8, 4) is 0 Å². The Bertz CT molecular complexity index is 126. The maximum atomic E-state index is 10.1. The lowest BCUT2D eigenvalue weighted by Crippen LogP contribution is -2.46. The fourth-order valence-electron chi connectivity index (χ4n) is 0.429. The molecule has 0 aliphatic heterocycles. The van der Waals surface area contributed by atoms with E-state index in [1.165, 1.54) is 14.0 Å². The third-order valence-electron chi connectivity index (χ3n) is 1.35. The Kier molecular flexibility index (Phi) is 3.27. The number of carbonyl (C=O) groups is 1. The van der Waals surface area contributed by atoms with E-state index in [9.17, 15) is 4.79 Å². The molecule has 4 N–H and O–H groups in total. The first-order valence-corrected chi connectivity index (χ1v) is 2.85. The number of hydrazine groups is 1. The molecule has 0 heterocycles. The van der Waals surface area contributed by atoms with E-state index < -0.39 is 18.1 Å². The monoisotopic (exact) mass is 148 g/mol. The van der Waals surface area contributed by atoms with Gasteiger partial charge in [0.05, 0.1) is 6.04 Å². The Balaban J connectivity index is 3.94. The first-order chi connectivity index (χ1) is 4.46. The predicted molar refractivity (Wildman–Crippen MR) is 35.1 cm³/mol. The smallest absolute Gasteiger partial charge is 0.334 e. The zero-order valence-electron chi connectivity index (χ0n) is 5.98. The van der Waals surface area contributed by atoms with Crippen molar-refractivity contribution in [1.29, 1.82) is 0 Å². The summed E-state index contributed by atoms with van der Waals surface area (Å²) in [7, 11) is 1.50. The molecule has 0 saturated carbocycles. The average molecular weight is 148 g/mol. The van der Waals surface area contributed by atoms with Crippen molar-refractivity contribution >= 4 is 5.97 Å². The van der Waals surface area contributed by atoms with E-state index in [0.29, 0.717) is 0 Å². The van der Waals surface area contributed by atoms with Gasteiger partial charge in [-0.2, -0.15) is 0 Å². The quantitative estimate of drug-likeness (QED) is 0.339. The minimum atomic E-state index is -1.42. The van der Waals surface area contributed by atoms with E-state index in [4.69, 9.17) is 16.1 Å². The molecule has 0 spiro atoms. The number of carboxylic acids is 1. The number of likely N-dealkylation sites (N-methyl/N-ethyl adjacent to an activating group) is 1. The van der Waals surface area contributed by atoms with E-state index in [-0.39, 0.29) is 0 Å². The zero-order valence-corrected chi connectivity index (χ0v) is 5.98. The largest absolute Gasteiger partial charge is 0.479 e. The van der Waals surface area contributed by atoms with E-state index in [1.807, 2.05) is 0 Å². The van der Waals surface area contributed by atoms with Crippen molar-refractivity contribution in [2.75, 3.05) is 7.05 Å². The number of aliphatic hydroxyl groups is 1. The Hall–Kier alpha value is -0.650. The van der Waals surface area contributed by atoms with Gasteiger partial charge in [-0.15, -0.1) is 0 Å². The second-order valence-corrected chi connectivity index (χ2v) is 2.19. The number of nitrogens with two attached hydrogens (primary N) is 1. The van der Waals surface area contributed by atoms with Gasteiger partial charge in [0.25, 0.3) is 0 Å². The molecule has 0 aliphatic rings. The van der Waals surface area contributed by atoms with Crippen molar-refractivity contribution in [2.24, 2.45) is 5.84 Å². The molecule has 0 aliphatic carbocycles. The number of nitrogens with zero attached hydrogens (tertiary/aromatic N) is 1. The standard InChI is InChI=1S/C5H12N2O3/c1-3(7(2)6)4(8)5(9)10/h3-4,8H,6H2,1-2H3,(H,9,10)/t3-,4?/m0/s1. The molecule has 1 unspecified atom stereocenters. The molecule has 5 nitrogen and oxygen atoms in total. The molecule has 0 rings (SSSR count). The molecule has 0 bridgehead atoms. The highest BCUT2D eigenvalue weighted by atomic mass is 16.4. The van der Waals surface area contributed by atoms with Crippen LogP contribution in [0, 0.1) is 0 Å². The van der Waals surface area contributed by atoms with Crippen molar-refractivity contribution in [1.82, 2.24) is 5.01 Å². The second kappa shape index (κ2) is 3.50. The lowest BCUT2D eigenvalue weighted by molar-refractivity contribution is -0.149. The zero-order chi connectivity index (χ0) is 8.31. The molecule has 0 amide bonds. The highest BCUT2D eigenvalue weighted by Crippen LogP contribution is 1.96. The number of carboxylic acid groups (broad SMARTS) is 1. The van der Waals surface area contributed by atoms with Gasteiger partial charge in [0.2, 0.25) is 0 Å². The summed E-state index contributed by atoms with van der Waals surface area (Å²) in [6, 6.07) is -0.572. The van der Waals surface area contributed by atoms with Gasteiger partial charge >= 0.3 is 5.97 Å². The summed E-state index contributed by atoms with van der Waals surface area (Å²) in [5.74, 6) is 3.93. The van der Waals surface area contributed by atoms with Gasteiger partial charge in [-0.3, -0.25) is 5.84 Å². The van der Waals surface area contributed by atoms with E-state index >= 15 is 0 Å². The van der Waals surface area contributed by atoms with Crippen LogP contribution >= 0.6 is 0 Å². The first-order valence-electron chi connectivity index (χ1n) is 2.85. The van der Waals surface area contributed by atoms with Crippen LogP contribution < -0.4 is 5.84 Å². The second-order valence-electron chi connectivity index (χ2n) is 2.19. The average Bonchev–Trinajstić information content (AvgIpc) is 1.84. The fourth-order valence-corrected chi connectivity index (χ4v) is 0.429. The summed E-state index contributed by atoms with van der Waals surface area (Å²) in [5.41, 5.74) is 0. The number of aliphatic hydroxyl groups excluding tert-OH is 1. The molecule has 0 radical (unpaired) electrons. The van der Waals surface area contributed by atoms with Gasteiger partial charge in [-0.1, -0.05) is 0 Å². The van der Waals surface area contributed by atoms with Crippen LogP contribution in [0.15, 0.2) is 0 Å². The van der Waals surface area contributed by atoms with Crippen LogP contribution in [0.1, 0.15) is 6.92 Å². The van der Waals surface area contributed by atoms with Crippen LogP contribution in [0.3, 0.4) is 0 Å². The summed E-state index contributed by atoms with van der Waals surface area (Å²) in [6.45, 7) is 1.53. The third-order valence-corrected chi connectivity index (χ3v) is 1.35. The first kappa shape index (κ1) is 9.35. The van der Waals surface area contributed by atoms with Crippen LogP contribution in [0.2, 0.25) is 0 Å². The Labute approximate surface area is 59.0 Å². The summed E-state index contributed by atoms with van der Waals surface area (Å²) >= 11 is 0. The van der Waals surface area contributed by atoms with Gasteiger partial charge < -0.3 is 10.2 Å². The predicted octanol–water partition coefficient (Wildman–Crippen LogP) is -1.37. The summed E-state index contributed by atoms with van der Waals surface area (Å²) in [6.07, 6.45) is -1.42. The maximum absolute atomic E-state index is 10.1. The fraction of sp³-hybridized carbons (Fsp3) is 0.800. The van der Waals surface area contributed by atoms with Crippen LogP contribution in [-0.2, 0) is 4.79 Å². The Morgan fingerprint density at radius 1 is 1.70 bits per heavy atom. The molecule has 0 saturated heterocycles. The maximum Gasteiger partial charge on any atom is 0.334 e. The van der Waals surface area contributed by atoms with E-state index in [2.05, 4.69) is 0 Å². The van der Waals surface area contributed by atoms with Gasteiger partial charge in [-0.05, 0) is 6.92 Å². The van der Waals surface area contributed by atoms with Crippen molar-refractivity contribution < 1.29 is 15.0 Å². The molecule has 10 heavy (non-hydrogen) atoms. The van der Waals surface area contributed by atoms with Crippen LogP contribution in [0.4, 0.5) is 0 Å². The molecular weight excluding hydrogens is 136 g/mol. The molecule has 2 atom stereocenters. The van der Waals surface area contributed by atoms with Crippen LogP contribution in [0.25, 0.3) is 0 Å². The third kappa shape index (κ3) is 2.30. The lowest BCUT2D eigenvalue weighted by Gasteiger charge is -2.21. The van der Waals surface area contributed by atoms with E-state index in [1.54, 1.807) is 0 Å². The number of rotatable bonds is 3. The molecule has 0 aromatic carbocycles. The van der Waals surface area contributed by atoms with Gasteiger partial charge in [0.15, 0.2) is 6.10 Å². The topological polar surface area (TPSA) is 86.8 Å². The van der Waals surface area contributed by atoms with Crippen molar-refractivity contribution in [3.05, 3.63) is 0 Å². The molecular formula is C5H12N2O3. The molecule has 0 aromatic rings. The molecule has 60 valence electrons. The van der Waals surface area contributed by atoms with Gasteiger partial charge in [0, 0.05) is 7.05 Å². The summed E-state index contributed by atoms with van der Waals surface area (Å²) in [4.78, 5) is 10.1.